The summed E-state index contributed by atoms with van der Waals surface area (Å²) < 4.78 is 26.5. The van der Waals surface area contributed by atoms with E-state index in [-0.39, 0.29) is 36.0 Å². The molecule has 7 nitrogen and oxygen atoms in total. The zero-order chi connectivity index (χ0) is 19.7. The number of amides is 1. The smallest absolute Gasteiger partial charge is 0.240 e. The van der Waals surface area contributed by atoms with Gasteiger partial charge in [-0.2, -0.15) is 0 Å². The molecule has 2 fully saturated rings. The standard InChI is InChI=1S/C20H28N4O3S/c1-2-19-21-15-8-4-5-9-17(15)24(19)12-20(25)22-16-13-28(26,27)14-18(16)23-10-6-3-7-11-23/h4-5,8-9,16,18H,2-3,6-7,10-14H2,1H3,(H,22,25). The molecule has 0 spiro atoms. The van der Waals surface area contributed by atoms with Gasteiger partial charge in [-0.25, -0.2) is 13.4 Å². The number of aromatic nitrogens is 2. The van der Waals surface area contributed by atoms with Crippen molar-refractivity contribution in [2.75, 3.05) is 24.6 Å². The van der Waals surface area contributed by atoms with Crippen LogP contribution < -0.4 is 5.32 Å². The monoisotopic (exact) mass is 404 g/mol. The lowest BCUT2D eigenvalue weighted by Gasteiger charge is -2.35. The molecular formula is C20H28N4O3S. The SMILES string of the molecule is CCc1nc2ccccc2n1CC(=O)NC1CS(=O)(=O)CC1N1CCCCC1. The molecule has 0 radical (unpaired) electrons. The van der Waals surface area contributed by atoms with Gasteiger partial charge in [0.15, 0.2) is 9.84 Å². The minimum Gasteiger partial charge on any atom is -0.349 e. The first kappa shape index (κ1) is 19.4. The van der Waals surface area contributed by atoms with E-state index in [4.69, 9.17) is 0 Å². The van der Waals surface area contributed by atoms with E-state index in [2.05, 4.69) is 15.2 Å². The van der Waals surface area contributed by atoms with Crippen molar-refractivity contribution < 1.29 is 13.2 Å². The van der Waals surface area contributed by atoms with Crippen LogP contribution in [-0.2, 0) is 27.6 Å². The van der Waals surface area contributed by atoms with Crippen molar-refractivity contribution in [3.8, 4) is 0 Å². The molecule has 4 rings (SSSR count). The summed E-state index contributed by atoms with van der Waals surface area (Å²) >= 11 is 0. The second kappa shape index (κ2) is 7.83. The Morgan fingerprint density at radius 1 is 1.18 bits per heavy atom. The fourth-order valence-corrected chi connectivity index (χ4v) is 6.50. The zero-order valence-corrected chi connectivity index (χ0v) is 17.1. The first-order chi connectivity index (χ1) is 13.5. The Labute approximate surface area is 166 Å². The molecule has 2 saturated heterocycles. The summed E-state index contributed by atoms with van der Waals surface area (Å²) in [5.41, 5.74) is 1.81. The van der Waals surface area contributed by atoms with Crippen LogP contribution in [0.3, 0.4) is 0 Å². The quantitative estimate of drug-likeness (QED) is 0.814. The zero-order valence-electron chi connectivity index (χ0n) is 16.3. The second-order valence-electron chi connectivity index (χ2n) is 7.87. The van der Waals surface area contributed by atoms with Crippen LogP contribution >= 0.6 is 0 Å². The molecule has 2 aliphatic rings. The Morgan fingerprint density at radius 2 is 1.93 bits per heavy atom. The van der Waals surface area contributed by atoms with Crippen molar-refractivity contribution in [1.82, 2.24) is 19.8 Å². The highest BCUT2D eigenvalue weighted by Crippen LogP contribution is 2.23. The number of carbonyl (C=O) groups is 1. The highest BCUT2D eigenvalue weighted by atomic mass is 32.2. The van der Waals surface area contributed by atoms with Gasteiger partial charge in [0.2, 0.25) is 5.91 Å². The van der Waals surface area contributed by atoms with E-state index in [0.717, 1.165) is 49.2 Å². The first-order valence-electron chi connectivity index (χ1n) is 10.1. The minimum absolute atomic E-state index is 0.0330. The number of fused-ring (bicyclic) bond motifs is 1. The number of piperidine rings is 1. The van der Waals surface area contributed by atoms with Crippen LogP contribution in [0.25, 0.3) is 11.0 Å². The summed E-state index contributed by atoms with van der Waals surface area (Å²) in [6, 6.07) is 7.33. The van der Waals surface area contributed by atoms with Crippen LogP contribution in [0.2, 0.25) is 0 Å². The number of likely N-dealkylation sites (tertiary alicyclic amines) is 1. The normalized spacial score (nSPS) is 25.2. The molecule has 0 aliphatic carbocycles. The summed E-state index contributed by atoms with van der Waals surface area (Å²) in [6.45, 7) is 4.01. The predicted octanol–water partition coefficient (Wildman–Crippen LogP) is 1.37. The maximum atomic E-state index is 12.8. The summed E-state index contributed by atoms with van der Waals surface area (Å²) in [5, 5.41) is 3.03. The van der Waals surface area contributed by atoms with Gasteiger partial charge in [0.25, 0.3) is 0 Å². The van der Waals surface area contributed by atoms with Crippen molar-refractivity contribution in [2.24, 2.45) is 0 Å². The molecule has 0 saturated carbocycles. The minimum atomic E-state index is -3.12. The van der Waals surface area contributed by atoms with Crippen LogP contribution in [-0.4, -0.2) is 65.5 Å². The van der Waals surface area contributed by atoms with Gasteiger partial charge in [-0.15, -0.1) is 0 Å². The van der Waals surface area contributed by atoms with E-state index >= 15 is 0 Å². The van der Waals surface area contributed by atoms with Gasteiger partial charge >= 0.3 is 0 Å². The molecule has 1 N–H and O–H groups in total. The number of nitrogens with one attached hydrogen (secondary N) is 1. The molecule has 2 atom stereocenters. The molecule has 3 heterocycles. The number of rotatable bonds is 5. The van der Waals surface area contributed by atoms with Gasteiger partial charge in [-0.1, -0.05) is 25.5 Å². The average molecular weight is 405 g/mol. The molecule has 8 heteroatoms. The van der Waals surface area contributed by atoms with E-state index in [1.54, 1.807) is 0 Å². The van der Waals surface area contributed by atoms with Crippen molar-refractivity contribution in [1.29, 1.82) is 0 Å². The number of sulfone groups is 1. The number of benzene rings is 1. The van der Waals surface area contributed by atoms with Crippen LogP contribution in [0.5, 0.6) is 0 Å². The molecule has 0 bridgehead atoms. The van der Waals surface area contributed by atoms with Crippen molar-refractivity contribution >= 4 is 26.8 Å². The molecule has 2 unspecified atom stereocenters. The summed E-state index contributed by atoms with van der Waals surface area (Å²) in [5.74, 6) is 0.891. The van der Waals surface area contributed by atoms with Crippen LogP contribution in [0.15, 0.2) is 24.3 Å². The van der Waals surface area contributed by atoms with E-state index in [0.29, 0.717) is 0 Å². The molecular weight excluding hydrogens is 376 g/mol. The lowest BCUT2D eigenvalue weighted by Crippen LogP contribution is -2.53. The first-order valence-corrected chi connectivity index (χ1v) is 12.0. The van der Waals surface area contributed by atoms with E-state index in [9.17, 15) is 13.2 Å². The lowest BCUT2D eigenvalue weighted by atomic mass is 10.0. The van der Waals surface area contributed by atoms with Crippen molar-refractivity contribution in [3.63, 3.8) is 0 Å². The fourth-order valence-electron chi connectivity index (χ4n) is 4.54. The Kier molecular flexibility index (Phi) is 5.42. The largest absolute Gasteiger partial charge is 0.349 e. The molecule has 28 heavy (non-hydrogen) atoms. The van der Waals surface area contributed by atoms with Crippen LogP contribution in [0.1, 0.15) is 32.0 Å². The van der Waals surface area contributed by atoms with E-state index in [1.165, 1.54) is 6.42 Å². The van der Waals surface area contributed by atoms with Gasteiger partial charge in [0, 0.05) is 12.5 Å². The number of imidazole rings is 1. The summed E-state index contributed by atoms with van der Waals surface area (Å²) in [7, 11) is -3.12. The number of hydrogen-bond donors (Lipinski definition) is 1. The van der Waals surface area contributed by atoms with Gasteiger partial charge in [-0.05, 0) is 38.1 Å². The fraction of sp³-hybridized carbons (Fsp3) is 0.600. The Bertz CT molecular complexity index is 963. The number of aryl methyl sites for hydroxylation is 1. The highest BCUT2D eigenvalue weighted by molar-refractivity contribution is 7.91. The third-order valence-electron chi connectivity index (χ3n) is 5.88. The van der Waals surface area contributed by atoms with Crippen LogP contribution in [0, 0.1) is 0 Å². The summed E-state index contributed by atoms with van der Waals surface area (Å²) in [6.07, 6.45) is 4.12. The van der Waals surface area contributed by atoms with Crippen LogP contribution in [0.4, 0.5) is 0 Å². The Morgan fingerprint density at radius 3 is 2.68 bits per heavy atom. The number of nitrogens with zero attached hydrogens (tertiary/aromatic N) is 3. The van der Waals surface area contributed by atoms with Crippen molar-refractivity contribution in [3.05, 3.63) is 30.1 Å². The van der Waals surface area contributed by atoms with Gasteiger partial charge in [0.05, 0.1) is 28.6 Å². The molecule has 1 aromatic heterocycles. The molecule has 1 aromatic carbocycles. The lowest BCUT2D eigenvalue weighted by molar-refractivity contribution is -0.122. The van der Waals surface area contributed by atoms with E-state index in [1.807, 2.05) is 35.8 Å². The van der Waals surface area contributed by atoms with Crippen molar-refractivity contribution in [2.45, 2.75) is 51.2 Å². The molecule has 152 valence electrons. The molecule has 2 aliphatic heterocycles. The molecule has 1 amide bonds. The third kappa shape index (κ3) is 3.93. The number of para-hydroxylation sites is 2. The summed E-state index contributed by atoms with van der Waals surface area (Å²) in [4.78, 5) is 19.7. The topological polar surface area (TPSA) is 84.3 Å². The predicted molar refractivity (Wildman–Crippen MR) is 109 cm³/mol. The Hall–Kier alpha value is -1.93. The second-order valence-corrected chi connectivity index (χ2v) is 10.0. The van der Waals surface area contributed by atoms with Gasteiger partial charge in [-0.3, -0.25) is 9.69 Å². The van der Waals surface area contributed by atoms with Gasteiger partial charge < -0.3 is 9.88 Å². The maximum absolute atomic E-state index is 12.8. The average Bonchev–Trinajstić information content (AvgIpc) is 3.19. The maximum Gasteiger partial charge on any atom is 0.240 e. The Balaban J connectivity index is 1.51. The number of hydrogen-bond acceptors (Lipinski definition) is 5. The van der Waals surface area contributed by atoms with E-state index < -0.39 is 9.84 Å². The molecule has 2 aromatic rings. The van der Waals surface area contributed by atoms with Gasteiger partial charge in [0.1, 0.15) is 12.4 Å². The number of carbonyl (C=O) groups excluding carboxylic acids is 1. The highest BCUT2D eigenvalue weighted by Gasteiger charge is 2.41. The third-order valence-corrected chi connectivity index (χ3v) is 7.60.